The Morgan fingerprint density at radius 2 is 1.71 bits per heavy atom. The maximum Gasteiger partial charge on any atom is 0.243 e. The second kappa shape index (κ2) is 7.68. The first-order valence-corrected chi connectivity index (χ1v) is 10.1. The molecule has 0 unspecified atom stereocenters. The van der Waals surface area contributed by atoms with Crippen LogP contribution in [0.15, 0.2) is 41.8 Å². The number of ether oxygens (including phenoxy) is 1. The topological polar surface area (TPSA) is 49.9 Å². The van der Waals surface area contributed by atoms with Crippen LogP contribution in [-0.2, 0) is 10.0 Å². The van der Waals surface area contributed by atoms with Crippen LogP contribution in [0.4, 0.5) is 0 Å². The van der Waals surface area contributed by atoms with Crippen molar-refractivity contribution in [2.75, 3.05) is 32.7 Å². The van der Waals surface area contributed by atoms with Crippen LogP contribution in [0.5, 0.6) is 5.75 Å². The van der Waals surface area contributed by atoms with Gasteiger partial charge < -0.3 is 4.74 Å². The summed E-state index contributed by atoms with van der Waals surface area (Å²) in [5, 5.41) is 0. The van der Waals surface area contributed by atoms with E-state index >= 15 is 0 Å². The highest BCUT2D eigenvalue weighted by Crippen LogP contribution is 2.26. The molecule has 0 bridgehead atoms. The number of piperazine rings is 1. The first-order chi connectivity index (χ1) is 11.6. The Labute approximate surface area is 145 Å². The van der Waals surface area contributed by atoms with Crippen LogP contribution >= 0.6 is 0 Å². The first kappa shape index (κ1) is 17.5. The molecule has 0 radical (unpaired) electrons. The monoisotopic (exact) mass is 350 g/mol. The fraction of sp³-hybridized carbons (Fsp3) is 0.556. The van der Waals surface area contributed by atoms with Gasteiger partial charge in [0.05, 0.1) is 11.0 Å². The lowest BCUT2D eigenvalue weighted by atomic mass is 10.3. The summed E-state index contributed by atoms with van der Waals surface area (Å²) in [6.45, 7) is 7.07. The lowest BCUT2D eigenvalue weighted by molar-refractivity contribution is 0.204. The van der Waals surface area contributed by atoms with Crippen LogP contribution in [0.2, 0.25) is 0 Å². The number of rotatable bonds is 6. The van der Waals surface area contributed by atoms with Gasteiger partial charge in [-0.25, -0.2) is 8.42 Å². The summed E-state index contributed by atoms with van der Waals surface area (Å²) in [6, 6.07) is 6.88. The Morgan fingerprint density at radius 3 is 2.29 bits per heavy atom. The molecule has 1 aliphatic heterocycles. The maximum absolute atomic E-state index is 12.8. The molecule has 2 aliphatic rings. The lowest BCUT2D eigenvalue weighted by Crippen LogP contribution is -2.48. The van der Waals surface area contributed by atoms with Crippen LogP contribution < -0.4 is 4.74 Å². The zero-order chi connectivity index (χ0) is 17.0. The summed E-state index contributed by atoms with van der Waals surface area (Å²) >= 11 is 0. The van der Waals surface area contributed by atoms with E-state index in [4.69, 9.17) is 4.74 Å². The highest BCUT2D eigenvalue weighted by atomic mass is 32.2. The summed E-state index contributed by atoms with van der Waals surface area (Å²) in [5.74, 6) is 0.761. The predicted octanol–water partition coefficient (Wildman–Crippen LogP) is 2.50. The molecule has 0 atom stereocenters. The van der Waals surface area contributed by atoms with Gasteiger partial charge in [-0.3, -0.25) is 4.90 Å². The molecule has 5 nitrogen and oxygen atoms in total. The minimum atomic E-state index is -3.42. The summed E-state index contributed by atoms with van der Waals surface area (Å²) in [5.41, 5.74) is 0. The average molecular weight is 350 g/mol. The van der Waals surface area contributed by atoms with E-state index in [1.165, 1.54) is 12.8 Å². The molecular weight excluding hydrogens is 324 g/mol. The first-order valence-electron chi connectivity index (χ1n) is 8.70. The van der Waals surface area contributed by atoms with Crippen LogP contribution in [0.1, 0.15) is 25.7 Å². The minimum absolute atomic E-state index is 0.283. The second-order valence-electron chi connectivity index (χ2n) is 6.49. The fourth-order valence-electron chi connectivity index (χ4n) is 3.37. The van der Waals surface area contributed by atoms with Gasteiger partial charge in [0.1, 0.15) is 5.75 Å². The summed E-state index contributed by atoms with van der Waals surface area (Å²) in [6.07, 6.45) is 6.76. The summed E-state index contributed by atoms with van der Waals surface area (Å²) < 4.78 is 33.0. The molecule has 24 heavy (non-hydrogen) atoms. The van der Waals surface area contributed by atoms with Crippen molar-refractivity contribution in [3.05, 3.63) is 36.9 Å². The highest BCUT2D eigenvalue weighted by Gasteiger charge is 2.28. The van der Waals surface area contributed by atoms with E-state index in [0.717, 1.165) is 38.2 Å². The molecule has 0 N–H and O–H groups in total. The average Bonchev–Trinajstić information content (AvgIpc) is 3.09. The molecule has 1 aromatic rings. The third-order valence-electron chi connectivity index (χ3n) is 4.79. The molecule has 1 saturated carbocycles. The molecule has 132 valence electrons. The van der Waals surface area contributed by atoms with Crippen molar-refractivity contribution >= 4 is 10.0 Å². The van der Waals surface area contributed by atoms with E-state index in [1.54, 1.807) is 28.6 Å². The normalized spacial score (nSPS) is 21.0. The zero-order valence-electron chi connectivity index (χ0n) is 14.1. The van der Waals surface area contributed by atoms with Gasteiger partial charge >= 0.3 is 0 Å². The molecule has 2 fully saturated rings. The second-order valence-corrected chi connectivity index (χ2v) is 8.43. The molecular formula is C18H26N2O3S. The van der Waals surface area contributed by atoms with Gasteiger partial charge in [-0.2, -0.15) is 4.31 Å². The van der Waals surface area contributed by atoms with Crippen molar-refractivity contribution in [2.45, 2.75) is 36.7 Å². The predicted molar refractivity (Wildman–Crippen MR) is 94.7 cm³/mol. The quantitative estimate of drug-likeness (QED) is 0.740. The van der Waals surface area contributed by atoms with Gasteiger partial charge in [-0.1, -0.05) is 6.08 Å². The van der Waals surface area contributed by atoms with Crippen LogP contribution in [0, 0.1) is 0 Å². The number of hydrogen-bond donors (Lipinski definition) is 0. The van der Waals surface area contributed by atoms with Crippen molar-refractivity contribution in [3.8, 4) is 5.75 Å². The van der Waals surface area contributed by atoms with E-state index in [1.807, 2.05) is 6.08 Å². The summed E-state index contributed by atoms with van der Waals surface area (Å²) in [4.78, 5) is 2.55. The number of sulfonamides is 1. The van der Waals surface area contributed by atoms with Gasteiger partial charge in [-0.05, 0) is 49.9 Å². The summed E-state index contributed by atoms with van der Waals surface area (Å²) in [7, 11) is -3.42. The van der Waals surface area contributed by atoms with E-state index < -0.39 is 10.0 Å². The van der Waals surface area contributed by atoms with Gasteiger partial charge in [0.25, 0.3) is 0 Å². The molecule has 6 heteroatoms. The molecule has 1 aliphatic carbocycles. The van der Waals surface area contributed by atoms with Crippen LogP contribution in [0.25, 0.3) is 0 Å². The molecule has 1 aromatic carbocycles. The zero-order valence-corrected chi connectivity index (χ0v) is 14.9. The van der Waals surface area contributed by atoms with Gasteiger partial charge in [0.2, 0.25) is 10.0 Å². The molecule has 0 amide bonds. The molecule has 1 heterocycles. The maximum atomic E-state index is 12.8. The van der Waals surface area contributed by atoms with E-state index in [9.17, 15) is 8.42 Å². The van der Waals surface area contributed by atoms with Crippen molar-refractivity contribution in [3.63, 3.8) is 0 Å². The fourth-order valence-corrected chi connectivity index (χ4v) is 4.80. The van der Waals surface area contributed by atoms with Crippen molar-refractivity contribution < 1.29 is 13.2 Å². The molecule has 0 spiro atoms. The van der Waals surface area contributed by atoms with Crippen molar-refractivity contribution in [2.24, 2.45) is 0 Å². The van der Waals surface area contributed by atoms with Gasteiger partial charge in [0, 0.05) is 32.7 Å². The molecule has 3 rings (SSSR count). The number of benzene rings is 1. The van der Waals surface area contributed by atoms with E-state index in [2.05, 4.69) is 11.5 Å². The van der Waals surface area contributed by atoms with Crippen LogP contribution in [-0.4, -0.2) is 56.5 Å². The van der Waals surface area contributed by atoms with Gasteiger partial charge in [-0.15, -0.1) is 6.58 Å². The lowest BCUT2D eigenvalue weighted by Gasteiger charge is -2.33. The van der Waals surface area contributed by atoms with Crippen LogP contribution in [0.3, 0.4) is 0 Å². The SMILES string of the molecule is C=CCN1CCN(S(=O)(=O)c2ccc(OC3CCCC3)cc2)CC1. The third kappa shape index (κ3) is 3.99. The molecule has 0 aromatic heterocycles. The Balaban J connectivity index is 1.63. The van der Waals surface area contributed by atoms with E-state index in [0.29, 0.717) is 18.0 Å². The Hall–Kier alpha value is -1.37. The molecule has 1 saturated heterocycles. The Morgan fingerprint density at radius 1 is 1.08 bits per heavy atom. The van der Waals surface area contributed by atoms with Crippen molar-refractivity contribution in [1.29, 1.82) is 0 Å². The third-order valence-corrected chi connectivity index (χ3v) is 6.70. The van der Waals surface area contributed by atoms with E-state index in [-0.39, 0.29) is 6.10 Å². The Kier molecular flexibility index (Phi) is 5.58. The highest BCUT2D eigenvalue weighted by molar-refractivity contribution is 7.89. The van der Waals surface area contributed by atoms with Crippen molar-refractivity contribution in [1.82, 2.24) is 9.21 Å². The smallest absolute Gasteiger partial charge is 0.243 e. The number of hydrogen-bond acceptors (Lipinski definition) is 4. The minimum Gasteiger partial charge on any atom is -0.490 e. The van der Waals surface area contributed by atoms with Gasteiger partial charge in [0.15, 0.2) is 0 Å². The largest absolute Gasteiger partial charge is 0.490 e. The number of nitrogens with zero attached hydrogens (tertiary/aromatic N) is 2. The standard InChI is InChI=1S/C18H26N2O3S/c1-2-11-19-12-14-20(15-13-19)24(21,22)18-9-7-17(8-10-18)23-16-5-3-4-6-16/h2,7-10,16H,1,3-6,11-15H2. The Bertz CT molecular complexity index is 643.